The maximum atomic E-state index is 12.8. The van der Waals surface area contributed by atoms with E-state index in [0.717, 1.165) is 69.6 Å². The minimum atomic E-state index is 0.0982. The number of hydrogen-bond acceptors (Lipinski definition) is 5. The van der Waals surface area contributed by atoms with Gasteiger partial charge in [0.05, 0.1) is 24.1 Å². The van der Waals surface area contributed by atoms with E-state index in [1.54, 1.807) is 0 Å². The van der Waals surface area contributed by atoms with Crippen LogP contribution >= 0.6 is 0 Å². The largest absolute Gasteiger partial charge is 0.369 e. The lowest BCUT2D eigenvalue weighted by atomic mass is 10.0. The molecule has 2 fully saturated rings. The number of pyridine rings is 1. The molecular formula is C19H26N6O. The zero-order valence-electron chi connectivity index (χ0n) is 15.3. The van der Waals surface area contributed by atoms with E-state index in [2.05, 4.69) is 36.7 Å². The molecule has 138 valence electrons. The monoisotopic (exact) mass is 354 g/mol. The third-order valence-corrected chi connectivity index (χ3v) is 6.35. The van der Waals surface area contributed by atoms with Crippen LogP contribution < -0.4 is 5.32 Å². The number of fused-ring (bicyclic) bond motifs is 3. The second-order valence-electron chi connectivity index (χ2n) is 7.84. The number of piperidine rings is 1. The van der Waals surface area contributed by atoms with E-state index in [-0.39, 0.29) is 6.04 Å². The highest BCUT2D eigenvalue weighted by Crippen LogP contribution is 2.33. The molecule has 26 heavy (non-hydrogen) atoms. The normalized spacial score (nSPS) is 24.2. The van der Waals surface area contributed by atoms with E-state index in [4.69, 9.17) is 0 Å². The molecule has 0 aromatic carbocycles. The Balaban J connectivity index is 1.34. The minimum absolute atomic E-state index is 0.0982. The first-order valence-corrected chi connectivity index (χ1v) is 9.79. The summed E-state index contributed by atoms with van der Waals surface area (Å²) in [4.78, 5) is 26.2. The Morgan fingerprint density at radius 2 is 2.04 bits per heavy atom. The van der Waals surface area contributed by atoms with Gasteiger partial charge in [0.15, 0.2) is 0 Å². The van der Waals surface area contributed by atoms with Gasteiger partial charge in [-0.05, 0) is 45.7 Å². The quantitative estimate of drug-likeness (QED) is 0.888. The summed E-state index contributed by atoms with van der Waals surface area (Å²) in [6.45, 7) is 3.69. The molecule has 0 radical (unpaired) electrons. The maximum absolute atomic E-state index is 12.8. The summed E-state index contributed by atoms with van der Waals surface area (Å²) in [6, 6.07) is 0.513. The highest BCUT2D eigenvalue weighted by molar-refractivity contribution is 5.84. The van der Waals surface area contributed by atoms with Crippen LogP contribution in [0.5, 0.6) is 0 Å². The van der Waals surface area contributed by atoms with Gasteiger partial charge in [-0.25, -0.2) is 9.97 Å². The van der Waals surface area contributed by atoms with Crippen molar-refractivity contribution in [3.63, 3.8) is 0 Å². The van der Waals surface area contributed by atoms with Gasteiger partial charge in [0.25, 0.3) is 0 Å². The van der Waals surface area contributed by atoms with Crippen LogP contribution in [0.3, 0.4) is 0 Å². The molecule has 7 heteroatoms. The predicted molar refractivity (Wildman–Crippen MR) is 100 cm³/mol. The molecule has 3 aliphatic heterocycles. The van der Waals surface area contributed by atoms with Crippen LogP contribution in [0.15, 0.2) is 12.5 Å². The number of aromatic nitrogens is 3. The smallest absolute Gasteiger partial charge is 0.239 e. The molecule has 0 aliphatic carbocycles. The van der Waals surface area contributed by atoms with Crippen LogP contribution in [0.1, 0.15) is 37.3 Å². The summed E-state index contributed by atoms with van der Waals surface area (Å²) in [5.41, 5.74) is 3.52. The number of carbonyl (C=O) groups excluding carboxylic acids is 1. The molecule has 0 spiro atoms. The van der Waals surface area contributed by atoms with E-state index >= 15 is 0 Å². The Kier molecular flexibility index (Phi) is 3.85. The summed E-state index contributed by atoms with van der Waals surface area (Å²) < 4.78 is 2.34. The third kappa shape index (κ3) is 2.48. The fourth-order valence-corrected chi connectivity index (χ4v) is 4.87. The summed E-state index contributed by atoms with van der Waals surface area (Å²) in [7, 11) is 2.07. The van der Waals surface area contributed by atoms with Gasteiger partial charge in [0.1, 0.15) is 11.3 Å². The molecule has 0 unspecified atom stereocenters. The second-order valence-corrected chi connectivity index (χ2v) is 7.84. The topological polar surface area (TPSA) is 66.3 Å². The van der Waals surface area contributed by atoms with Gasteiger partial charge in [0.2, 0.25) is 5.91 Å². The summed E-state index contributed by atoms with van der Waals surface area (Å²) >= 11 is 0. The predicted octanol–water partition coefficient (Wildman–Crippen LogP) is 1.66. The minimum Gasteiger partial charge on any atom is -0.369 e. The van der Waals surface area contributed by atoms with Crippen LogP contribution in [-0.2, 0) is 11.2 Å². The Labute approximate surface area is 153 Å². The number of rotatable bonds is 2. The highest BCUT2D eigenvalue weighted by atomic mass is 16.2. The van der Waals surface area contributed by atoms with Crippen LogP contribution in [0, 0.1) is 0 Å². The molecule has 5 heterocycles. The summed E-state index contributed by atoms with van der Waals surface area (Å²) in [5, 5.41) is 3.36. The Morgan fingerprint density at radius 1 is 1.19 bits per heavy atom. The van der Waals surface area contributed by atoms with E-state index < -0.39 is 0 Å². The fraction of sp³-hybridized carbons (Fsp3) is 0.632. The van der Waals surface area contributed by atoms with E-state index in [1.165, 1.54) is 11.1 Å². The lowest BCUT2D eigenvalue weighted by Crippen LogP contribution is -2.47. The van der Waals surface area contributed by atoms with Gasteiger partial charge >= 0.3 is 0 Å². The molecule has 0 bridgehead atoms. The van der Waals surface area contributed by atoms with E-state index in [1.807, 2.05) is 12.5 Å². The maximum Gasteiger partial charge on any atom is 0.239 e. The summed E-state index contributed by atoms with van der Waals surface area (Å²) in [6.07, 6.45) is 8.99. The number of likely N-dealkylation sites (tertiary alicyclic amines) is 2. The molecule has 7 nitrogen and oxygen atoms in total. The van der Waals surface area contributed by atoms with Crippen molar-refractivity contribution in [2.24, 2.45) is 0 Å². The third-order valence-electron chi connectivity index (χ3n) is 6.35. The molecule has 1 amide bonds. The number of nitrogens with zero attached hydrogens (tertiary/aromatic N) is 5. The van der Waals surface area contributed by atoms with Gasteiger partial charge < -0.3 is 14.8 Å². The molecule has 2 saturated heterocycles. The highest BCUT2D eigenvalue weighted by Gasteiger charge is 2.34. The zero-order chi connectivity index (χ0) is 17.7. The molecule has 0 saturated carbocycles. The number of anilines is 1. The van der Waals surface area contributed by atoms with Crippen molar-refractivity contribution < 1.29 is 4.79 Å². The SMILES string of the molecule is CN1CCC[C@H]1C(=O)N1CCC(n2cnc3cnc4c(c32)CCN4)CC1. The molecule has 2 aromatic rings. The number of hydrogen-bond donors (Lipinski definition) is 1. The van der Waals surface area contributed by atoms with Gasteiger partial charge in [-0.1, -0.05) is 0 Å². The number of carbonyl (C=O) groups is 1. The average Bonchev–Trinajstić information content (AvgIpc) is 3.39. The van der Waals surface area contributed by atoms with Gasteiger partial charge in [-0.2, -0.15) is 0 Å². The lowest BCUT2D eigenvalue weighted by molar-refractivity contribution is -0.136. The van der Waals surface area contributed by atoms with Crippen molar-refractivity contribution in [2.45, 2.75) is 44.2 Å². The molecule has 1 atom stereocenters. The first-order chi connectivity index (χ1) is 12.7. The Bertz CT molecular complexity index is 838. The molecular weight excluding hydrogens is 328 g/mol. The van der Waals surface area contributed by atoms with Crippen molar-refractivity contribution >= 4 is 22.8 Å². The van der Waals surface area contributed by atoms with Gasteiger partial charge in [-0.15, -0.1) is 0 Å². The number of amides is 1. The Morgan fingerprint density at radius 3 is 2.81 bits per heavy atom. The molecule has 1 N–H and O–H groups in total. The number of imidazole rings is 1. The first kappa shape index (κ1) is 16.1. The van der Waals surface area contributed by atoms with Crippen molar-refractivity contribution in [1.29, 1.82) is 0 Å². The lowest BCUT2D eigenvalue weighted by Gasteiger charge is -2.35. The van der Waals surface area contributed by atoms with Crippen LogP contribution in [-0.4, -0.2) is 69.5 Å². The zero-order valence-corrected chi connectivity index (χ0v) is 15.3. The standard InChI is InChI=1S/C19H26N6O/c1-23-8-2-3-16(23)19(26)24-9-5-13(6-10-24)25-12-22-15-11-21-18-14(17(15)25)4-7-20-18/h11-13,16H,2-10H2,1H3,(H,20,21)/t16-/m0/s1. The molecule has 2 aromatic heterocycles. The number of likely N-dealkylation sites (N-methyl/N-ethyl adjacent to an activating group) is 1. The van der Waals surface area contributed by atoms with Crippen molar-refractivity contribution in [3.8, 4) is 0 Å². The molecule has 5 rings (SSSR count). The molecule has 3 aliphatic rings. The van der Waals surface area contributed by atoms with Gasteiger partial charge in [-0.3, -0.25) is 9.69 Å². The van der Waals surface area contributed by atoms with E-state index in [9.17, 15) is 4.79 Å². The summed E-state index contributed by atoms with van der Waals surface area (Å²) in [5.74, 6) is 1.34. The van der Waals surface area contributed by atoms with E-state index in [0.29, 0.717) is 11.9 Å². The van der Waals surface area contributed by atoms with Crippen LogP contribution in [0.4, 0.5) is 5.82 Å². The average molecular weight is 354 g/mol. The van der Waals surface area contributed by atoms with Crippen LogP contribution in [0.25, 0.3) is 11.0 Å². The fourth-order valence-electron chi connectivity index (χ4n) is 4.87. The number of nitrogens with one attached hydrogen (secondary N) is 1. The Hall–Kier alpha value is -2.15. The first-order valence-electron chi connectivity index (χ1n) is 9.79. The van der Waals surface area contributed by atoms with Crippen LogP contribution in [0.2, 0.25) is 0 Å². The van der Waals surface area contributed by atoms with Gasteiger partial charge in [0, 0.05) is 31.2 Å². The second kappa shape index (κ2) is 6.23. The van der Waals surface area contributed by atoms with Crippen molar-refractivity contribution in [2.75, 3.05) is 38.5 Å². The van der Waals surface area contributed by atoms with Crippen molar-refractivity contribution in [3.05, 3.63) is 18.1 Å². The van der Waals surface area contributed by atoms with Crippen molar-refractivity contribution in [1.82, 2.24) is 24.3 Å².